The molecule has 0 spiro atoms. The minimum absolute atomic E-state index is 0.0685. The van der Waals surface area contributed by atoms with Gasteiger partial charge in [0.2, 0.25) is 5.91 Å². The van der Waals surface area contributed by atoms with Gasteiger partial charge in [-0.1, -0.05) is 0 Å². The minimum Gasteiger partial charge on any atom is -0.497 e. The summed E-state index contributed by atoms with van der Waals surface area (Å²) in [5, 5.41) is 0. The van der Waals surface area contributed by atoms with Crippen molar-refractivity contribution < 1.29 is 32.2 Å². The highest BCUT2D eigenvalue weighted by Crippen LogP contribution is 2.35. The molecule has 0 unspecified atom stereocenters. The van der Waals surface area contributed by atoms with Crippen LogP contribution in [-0.4, -0.2) is 55.0 Å². The summed E-state index contributed by atoms with van der Waals surface area (Å²) in [6.45, 7) is 1.20. The van der Waals surface area contributed by atoms with Gasteiger partial charge < -0.3 is 19.3 Å². The number of likely N-dealkylation sites (tertiary alicyclic amines) is 1. The molecule has 2 aliphatic rings. The van der Waals surface area contributed by atoms with E-state index in [1.165, 1.54) is 12.1 Å². The summed E-state index contributed by atoms with van der Waals surface area (Å²) in [6.07, 6.45) is -1.48. The molecule has 2 aromatic carbocycles. The first-order chi connectivity index (χ1) is 16.7. The summed E-state index contributed by atoms with van der Waals surface area (Å²) in [4.78, 5) is 29.8. The molecular formula is C26H29F3N2O4. The first kappa shape index (κ1) is 24.9. The molecule has 0 aromatic heterocycles. The van der Waals surface area contributed by atoms with Gasteiger partial charge in [0.15, 0.2) is 0 Å². The fourth-order valence-corrected chi connectivity index (χ4v) is 4.51. The lowest BCUT2D eigenvalue weighted by atomic mass is 9.94. The molecule has 9 heteroatoms. The summed E-state index contributed by atoms with van der Waals surface area (Å²) in [7, 11) is 3.19. The molecule has 1 saturated heterocycles. The Balaban J connectivity index is 1.39. The zero-order valence-corrected chi connectivity index (χ0v) is 19.8. The molecule has 0 bridgehead atoms. The Morgan fingerprint density at radius 1 is 0.971 bits per heavy atom. The minimum atomic E-state index is -4.44. The van der Waals surface area contributed by atoms with E-state index in [-0.39, 0.29) is 29.3 Å². The first-order valence-electron chi connectivity index (χ1n) is 11.7. The Labute approximate surface area is 202 Å². The number of piperidine rings is 1. The van der Waals surface area contributed by atoms with Gasteiger partial charge in [0.05, 0.1) is 19.8 Å². The number of carbonyl (C=O) groups excluding carboxylic acids is 2. The number of benzene rings is 2. The highest BCUT2D eigenvalue weighted by Gasteiger charge is 2.38. The highest BCUT2D eigenvalue weighted by atomic mass is 19.4. The highest BCUT2D eigenvalue weighted by molar-refractivity contribution is 5.94. The van der Waals surface area contributed by atoms with Crippen LogP contribution in [0.4, 0.5) is 13.2 Å². The van der Waals surface area contributed by atoms with E-state index in [1.807, 2.05) is 23.1 Å². The van der Waals surface area contributed by atoms with Crippen molar-refractivity contribution in [2.45, 2.75) is 44.4 Å². The van der Waals surface area contributed by atoms with Gasteiger partial charge in [-0.15, -0.1) is 0 Å². The third-order valence-electron chi connectivity index (χ3n) is 6.69. The van der Waals surface area contributed by atoms with Gasteiger partial charge in [-0.2, -0.15) is 13.2 Å². The summed E-state index contributed by atoms with van der Waals surface area (Å²) in [6, 6.07) is 9.98. The monoisotopic (exact) mass is 490 g/mol. The lowest BCUT2D eigenvalue weighted by Crippen LogP contribution is -2.45. The molecule has 2 amide bonds. The Kier molecular flexibility index (Phi) is 7.23. The maximum atomic E-state index is 13.5. The topological polar surface area (TPSA) is 59.1 Å². The van der Waals surface area contributed by atoms with Gasteiger partial charge >= 0.3 is 6.18 Å². The van der Waals surface area contributed by atoms with Gasteiger partial charge in [0, 0.05) is 42.7 Å². The predicted molar refractivity (Wildman–Crippen MR) is 123 cm³/mol. The number of rotatable bonds is 7. The zero-order valence-electron chi connectivity index (χ0n) is 19.8. The van der Waals surface area contributed by atoms with Crippen LogP contribution in [0, 0.1) is 5.92 Å². The quantitative estimate of drug-likeness (QED) is 0.561. The van der Waals surface area contributed by atoms with Crippen LogP contribution < -0.4 is 9.47 Å². The van der Waals surface area contributed by atoms with Crippen molar-refractivity contribution >= 4 is 11.8 Å². The fraction of sp³-hybridized carbons (Fsp3) is 0.462. The summed E-state index contributed by atoms with van der Waals surface area (Å²) in [5.41, 5.74) is 0.306. The van der Waals surface area contributed by atoms with Crippen LogP contribution in [0.3, 0.4) is 0 Å². The molecule has 1 aliphatic carbocycles. The lowest BCUT2D eigenvalue weighted by molar-refractivity contribution is -0.138. The Morgan fingerprint density at radius 2 is 1.63 bits per heavy atom. The molecule has 0 radical (unpaired) electrons. The molecular weight excluding hydrogens is 461 g/mol. The Bertz CT molecular complexity index is 1060. The van der Waals surface area contributed by atoms with E-state index in [9.17, 15) is 22.8 Å². The van der Waals surface area contributed by atoms with Crippen molar-refractivity contribution in [3.8, 4) is 11.5 Å². The van der Waals surface area contributed by atoms with E-state index in [2.05, 4.69) is 0 Å². The number of methoxy groups -OCH3 is 2. The number of carbonyl (C=O) groups is 2. The second kappa shape index (κ2) is 10.2. The molecule has 188 valence electrons. The van der Waals surface area contributed by atoms with Crippen molar-refractivity contribution in [2.24, 2.45) is 5.92 Å². The number of alkyl halides is 3. The van der Waals surface area contributed by atoms with Crippen LogP contribution in [0.5, 0.6) is 11.5 Å². The molecule has 1 saturated carbocycles. The summed E-state index contributed by atoms with van der Waals surface area (Å²) >= 11 is 0. The zero-order chi connectivity index (χ0) is 25.2. The van der Waals surface area contributed by atoms with E-state index in [0.717, 1.165) is 30.5 Å². The number of halogens is 3. The molecule has 4 rings (SSSR count). The van der Waals surface area contributed by atoms with Crippen LogP contribution in [0.2, 0.25) is 0 Å². The Morgan fingerprint density at radius 3 is 2.17 bits per heavy atom. The van der Waals surface area contributed by atoms with Gasteiger partial charge in [0.1, 0.15) is 11.5 Å². The van der Waals surface area contributed by atoms with Gasteiger partial charge in [-0.25, -0.2) is 0 Å². The van der Waals surface area contributed by atoms with Crippen LogP contribution in [0.25, 0.3) is 0 Å². The second-order valence-corrected chi connectivity index (χ2v) is 9.02. The van der Waals surface area contributed by atoms with Gasteiger partial charge in [-0.05, 0) is 68.1 Å². The Hall–Kier alpha value is -3.23. The average Bonchev–Trinajstić information content (AvgIpc) is 3.71. The van der Waals surface area contributed by atoms with Crippen LogP contribution >= 0.6 is 0 Å². The average molecular weight is 491 g/mol. The number of ether oxygens (including phenoxy) is 2. The standard InChI is InChI=1S/C26H29F3N2O4/c1-34-22-9-10-23(35-2)19(15-22)16-31(21-7-8-21)25(33)18-11-13-30(14-12-18)24(32)17-3-5-20(6-4-17)26(27,28)29/h3-6,9-10,15,18,21H,7-8,11-14,16H2,1-2H3. The third kappa shape index (κ3) is 5.71. The molecule has 1 heterocycles. The SMILES string of the molecule is COc1ccc(OC)c(CN(C(=O)C2CCN(C(=O)c3ccc(C(F)(F)F)cc3)CC2)C2CC2)c1. The number of hydrogen-bond donors (Lipinski definition) is 0. The van der Waals surface area contributed by atoms with Crippen LogP contribution in [-0.2, 0) is 17.5 Å². The third-order valence-corrected chi connectivity index (χ3v) is 6.69. The van der Waals surface area contributed by atoms with Crippen molar-refractivity contribution in [3.63, 3.8) is 0 Å². The van der Waals surface area contributed by atoms with E-state index in [1.54, 1.807) is 19.1 Å². The van der Waals surface area contributed by atoms with Crippen molar-refractivity contribution in [2.75, 3.05) is 27.3 Å². The molecule has 35 heavy (non-hydrogen) atoms. The van der Waals surface area contributed by atoms with Crippen LogP contribution in [0.15, 0.2) is 42.5 Å². The number of hydrogen-bond acceptors (Lipinski definition) is 4. The molecule has 1 aliphatic heterocycles. The molecule has 2 fully saturated rings. The molecule has 0 atom stereocenters. The summed E-state index contributed by atoms with van der Waals surface area (Å²) in [5.74, 6) is 0.938. The number of nitrogens with zero attached hydrogens (tertiary/aromatic N) is 2. The summed E-state index contributed by atoms with van der Waals surface area (Å²) < 4.78 is 49.2. The molecule has 0 N–H and O–H groups in total. The predicted octanol–water partition coefficient (Wildman–Crippen LogP) is 4.77. The van der Waals surface area contributed by atoms with Gasteiger partial charge in [0.25, 0.3) is 5.91 Å². The largest absolute Gasteiger partial charge is 0.497 e. The lowest BCUT2D eigenvalue weighted by Gasteiger charge is -2.34. The van der Waals surface area contributed by atoms with Crippen molar-refractivity contribution in [3.05, 3.63) is 59.2 Å². The van der Waals surface area contributed by atoms with Crippen LogP contribution in [0.1, 0.15) is 47.2 Å². The normalized spacial score (nSPS) is 16.7. The first-order valence-corrected chi connectivity index (χ1v) is 11.7. The van der Waals surface area contributed by atoms with E-state index in [0.29, 0.717) is 44.0 Å². The smallest absolute Gasteiger partial charge is 0.416 e. The molecule has 2 aromatic rings. The van der Waals surface area contributed by atoms with E-state index in [4.69, 9.17) is 9.47 Å². The second-order valence-electron chi connectivity index (χ2n) is 9.02. The molecule has 6 nitrogen and oxygen atoms in total. The van der Waals surface area contributed by atoms with E-state index >= 15 is 0 Å². The van der Waals surface area contributed by atoms with E-state index < -0.39 is 11.7 Å². The maximum absolute atomic E-state index is 13.5. The number of amides is 2. The van der Waals surface area contributed by atoms with Crippen molar-refractivity contribution in [1.82, 2.24) is 9.80 Å². The van der Waals surface area contributed by atoms with Crippen molar-refractivity contribution in [1.29, 1.82) is 0 Å². The maximum Gasteiger partial charge on any atom is 0.416 e. The van der Waals surface area contributed by atoms with Gasteiger partial charge in [-0.3, -0.25) is 9.59 Å². The fourth-order valence-electron chi connectivity index (χ4n) is 4.51.